The van der Waals surface area contributed by atoms with E-state index in [1.54, 1.807) is 38.5 Å². The maximum absolute atomic E-state index is 12.9. The molecule has 0 aliphatic heterocycles. The molecule has 42 heavy (non-hydrogen) atoms. The molecule has 0 atom stereocenters. The zero-order chi connectivity index (χ0) is 30.2. The van der Waals surface area contributed by atoms with Gasteiger partial charge >= 0.3 is 0 Å². The van der Waals surface area contributed by atoms with Crippen LogP contribution in [0.5, 0.6) is 23.0 Å². The molecule has 0 spiro atoms. The summed E-state index contributed by atoms with van der Waals surface area (Å²) in [5.74, 6) is 2.04. The van der Waals surface area contributed by atoms with Crippen LogP contribution in [-0.2, 0) is 4.79 Å². The molecule has 0 radical (unpaired) electrons. The van der Waals surface area contributed by atoms with E-state index >= 15 is 0 Å². The first-order chi connectivity index (χ1) is 20.3. The molecule has 3 aromatic carbocycles. The third-order valence-electron chi connectivity index (χ3n) is 6.47. The number of methoxy groups -OCH3 is 4. The molecule has 0 fully saturated rings. The van der Waals surface area contributed by atoms with E-state index in [1.807, 2.05) is 43.3 Å². The fourth-order valence-electron chi connectivity index (χ4n) is 4.34. The SMILES string of the molecule is COc1cc(Cl)c(C)cc1NC(=O)CCSc1nc(-c2ccccc2)cc(-c2cc(OC)c(OC)c(OC)c2)c1C#N. The van der Waals surface area contributed by atoms with Crippen LogP contribution in [-0.4, -0.2) is 45.1 Å². The number of hydrogen-bond acceptors (Lipinski definition) is 8. The van der Waals surface area contributed by atoms with Gasteiger partial charge in [-0.15, -0.1) is 11.8 Å². The summed E-state index contributed by atoms with van der Waals surface area (Å²) < 4.78 is 22.0. The number of carbonyl (C=O) groups excluding carboxylic acids is 1. The summed E-state index contributed by atoms with van der Waals surface area (Å²) in [5.41, 5.74) is 4.67. The first-order valence-corrected chi connectivity index (χ1v) is 14.3. The second-order valence-electron chi connectivity index (χ2n) is 9.08. The Morgan fingerprint density at radius 1 is 0.929 bits per heavy atom. The van der Waals surface area contributed by atoms with Crippen molar-refractivity contribution in [2.45, 2.75) is 18.4 Å². The maximum Gasteiger partial charge on any atom is 0.225 e. The maximum atomic E-state index is 12.9. The summed E-state index contributed by atoms with van der Waals surface area (Å²) >= 11 is 7.53. The van der Waals surface area contributed by atoms with Crippen molar-refractivity contribution >= 4 is 35.0 Å². The minimum Gasteiger partial charge on any atom is -0.495 e. The van der Waals surface area contributed by atoms with Gasteiger partial charge in [0.25, 0.3) is 0 Å². The molecule has 4 rings (SSSR count). The number of pyridine rings is 1. The molecule has 0 unspecified atom stereocenters. The van der Waals surface area contributed by atoms with E-state index in [4.69, 9.17) is 35.5 Å². The normalized spacial score (nSPS) is 10.5. The van der Waals surface area contributed by atoms with Gasteiger partial charge in [-0.3, -0.25) is 4.79 Å². The lowest BCUT2D eigenvalue weighted by Gasteiger charge is -2.17. The predicted molar refractivity (Wildman–Crippen MR) is 166 cm³/mol. The number of nitriles is 1. The van der Waals surface area contributed by atoms with Crippen molar-refractivity contribution in [3.05, 3.63) is 76.8 Å². The highest BCUT2D eigenvalue weighted by Gasteiger charge is 2.20. The quantitative estimate of drug-likeness (QED) is 0.177. The Bertz CT molecular complexity index is 1610. The first kappa shape index (κ1) is 30.6. The lowest BCUT2D eigenvalue weighted by molar-refractivity contribution is -0.115. The summed E-state index contributed by atoms with van der Waals surface area (Å²) in [6.07, 6.45) is 0.178. The van der Waals surface area contributed by atoms with Crippen LogP contribution in [0.2, 0.25) is 5.02 Å². The number of aromatic nitrogens is 1. The van der Waals surface area contributed by atoms with Gasteiger partial charge < -0.3 is 24.3 Å². The van der Waals surface area contributed by atoms with Gasteiger partial charge in [0, 0.05) is 34.4 Å². The Balaban J connectivity index is 1.68. The van der Waals surface area contributed by atoms with Gasteiger partial charge in [-0.25, -0.2) is 4.98 Å². The molecule has 0 aliphatic carbocycles. The van der Waals surface area contributed by atoms with Gasteiger partial charge in [-0.05, 0) is 42.3 Å². The number of hydrogen-bond donors (Lipinski definition) is 1. The van der Waals surface area contributed by atoms with Crippen molar-refractivity contribution in [1.29, 1.82) is 5.26 Å². The van der Waals surface area contributed by atoms with E-state index in [2.05, 4.69) is 11.4 Å². The Labute approximate surface area is 254 Å². The van der Waals surface area contributed by atoms with Gasteiger partial charge in [0.2, 0.25) is 11.7 Å². The molecule has 4 aromatic rings. The number of rotatable bonds is 11. The van der Waals surface area contributed by atoms with Crippen molar-refractivity contribution in [2.24, 2.45) is 0 Å². The number of nitrogens with one attached hydrogen (secondary N) is 1. The van der Waals surface area contributed by atoms with Crippen LogP contribution in [0, 0.1) is 18.3 Å². The third kappa shape index (κ3) is 6.73. The Kier molecular flexibility index (Phi) is 10.2. The minimum absolute atomic E-state index is 0.178. The van der Waals surface area contributed by atoms with E-state index in [1.165, 1.54) is 26.0 Å². The molecule has 1 aromatic heterocycles. The Hall–Kier alpha value is -4.39. The molecule has 0 bridgehead atoms. The summed E-state index contributed by atoms with van der Waals surface area (Å²) in [6, 6.07) is 20.9. The summed E-state index contributed by atoms with van der Waals surface area (Å²) in [4.78, 5) is 17.7. The van der Waals surface area contributed by atoms with Gasteiger partial charge in [0.05, 0.1) is 45.4 Å². The molecular weight excluding hydrogens is 574 g/mol. The van der Waals surface area contributed by atoms with Crippen LogP contribution in [0.1, 0.15) is 17.5 Å². The third-order valence-corrected chi connectivity index (χ3v) is 7.85. The van der Waals surface area contributed by atoms with Crippen LogP contribution in [0.4, 0.5) is 5.69 Å². The zero-order valence-electron chi connectivity index (χ0n) is 23.9. The minimum atomic E-state index is -0.204. The molecule has 1 N–H and O–H groups in total. The fourth-order valence-corrected chi connectivity index (χ4v) is 5.44. The molecular formula is C32H30ClN3O5S. The molecule has 1 amide bonds. The highest BCUT2D eigenvalue weighted by molar-refractivity contribution is 7.99. The molecule has 216 valence electrons. The summed E-state index contributed by atoms with van der Waals surface area (Å²) in [5, 5.41) is 14.2. The van der Waals surface area contributed by atoms with Crippen LogP contribution in [0.3, 0.4) is 0 Å². The number of amides is 1. The van der Waals surface area contributed by atoms with Crippen LogP contribution in [0.25, 0.3) is 22.4 Å². The van der Waals surface area contributed by atoms with Crippen molar-refractivity contribution < 1.29 is 23.7 Å². The van der Waals surface area contributed by atoms with E-state index in [-0.39, 0.29) is 12.3 Å². The van der Waals surface area contributed by atoms with Gasteiger partial charge in [0.15, 0.2) is 11.5 Å². The van der Waals surface area contributed by atoms with Gasteiger partial charge in [0.1, 0.15) is 16.8 Å². The van der Waals surface area contributed by atoms with Gasteiger partial charge in [-0.1, -0.05) is 41.9 Å². The van der Waals surface area contributed by atoms with Crippen LogP contribution < -0.4 is 24.3 Å². The second-order valence-corrected chi connectivity index (χ2v) is 10.6. The lowest BCUT2D eigenvalue weighted by Crippen LogP contribution is -2.13. The zero-order valence-corrected chi connectivity index (χ0v) is 25.5. The highest BCUT2D eigenvalue weighted by atomic mass is 35.5. The number of benzene rings is 3. The van der Waals surface area contributed by atoms with E-state index in [0.717, 1.165) is 11.1 Å². The number of halogens is 1. The molecule has 0 saturated heterocycles. The topological polar surface area (TPSA) is 103 Å². The highest BCUT2D eigenvalue weighted by Crippen LogP contribution is 2.43. The number of nitrogens with zero attached hydrogens (tertiary/aromatic N) is 2. The van der Waals surface area contributed by atoms with E-state index < -0.39 is 0 Å². The molecule has 10 heteroatoms. The van der Waals surface area contributed by atoms with Crippen molar-refractivity contribution in [2.75, 3.05) is 39.5 Å². The molecule has 0 aliphatic rings. The van der Waals surface area contributed by atoms with Crippen LogP contribution in [0.15, 0.2) is 65.7 Å². The molecule has 0 saturated carbocycles. The summed E-state index contributed by atoms with van der Waals surface area (Å²) in [6.45, 7) is 1.85. The van der Waals surface area contributed by atoms with E-state index in [0.29, 0.717) is 66.9 Å². The standard InChI is InChI=1S/C32H30ClN3O5S/c1-19-13-26(27(38-2)17-24(19)33)35-30(37)11-12-42-32-23(18-34)22(16-25(36-32)20-9-7-6-8-10-20)21-14-28(39-3)31(41-5)29(15-21)40-4/h6-10,13-17H,11-12H2,1-5H3,(H,35,37). The number of carbonyl (C=O) groups is 1. The molecule has 1 heterocycles. The number of anilines is 1. The number of aryl methyl sites for hydroxylation is 1. The van der Waals surface area contributed by atoms with Crippen molar-refractivity contribution in [1.82, 2.24) is 4.98 Å². The summed E-state index contributed by atoms with van der Waals surface area (Å²) in [7, 11) is 6.14. The fraction of sp³-hybridized carbons (Fsp3) is 0.219. The van der Waals surface area contributed by atoms with Crippen molar-refractivity contribution in [3.63, 3.8) is 0 Å². The Morgan fingerprint density at radius 3 is 2.19 bits per heavy atom. The largest absolute Gasteiger partial charge is 0.495 e. The smallest absolute Gasteiger partial charge is 0.225 e. The Morgan fingerprint density at radius 2 is 1.60 bits per heavy atom. The van der Waals surface area contributed by atoms with Crippen molar-refractivity contribution in [3.8, 4) is 51.5 Å². The van der Waals surface area contributed by atoms with Crippen LogP contribution >= 0.6 is 23.4 Å². The molecule has 8 nitrogen and oxygen atoms in total. The second kappa shape index (κ2) is 14.0. The van der Waals surface area contributed by atoms with Gasteiger partial charge in [-0.2, -0.15) is 5.26 Å². The average Bonchev–Trinajstić information content (AvgIpc) is 3.01. The van der Waals surface area contributed by atoms with E-state index in [9.17, 15) is 10.1 Å². The first-order valence-electron chi connectivity index (χ1n) is 12.9. The number of ether oxygens (including phenoxy) is 4. The number of thioether (sulfide) groups is 1. The monoisotopic (exact) mass is 603 g/mol. The lowest BCUT2D eigenvalue weighted by atomic mass is 9.98. The predicted octanol–water partition coefficient (Wildman–Crippen LogP) is 7.40. The average molecular weight is 604 g/mol.